The maximum Gasteiger partial charge on any atom is 0.166 e. The summed E-state index contributed by atoms with van der Waals surface area (Å²) in [6, 6.07) is 10.6. The smallest absolute Gasteiger partial charge is 0.166 e. The Morgan fingerprint density at radius 3 is 2.75 bits per heavy atom. The molecule has 2 aromatic heterocycles. The van der Waals surface area contributed by atoms with Gasteiger partial charge in [0.15, 0.2) is 11.5 Å². The van der Waals surface area contributed by atoms with Gasteiger partial charge in [0.05, 0.1) is 19.3 Å². The van der Waals surface area contributed by atoms with Crippen molar-refractivity contribution in [3.05, 3.63) is 62.7 Å². The second kappa shape index (κ2) is 9.54. The maximum atomic E-state index is 6.38. The molecule has 28 heavy (non-hydrogen) atoms. The molecule has 4 nitrogen and oxygen atoms in total. The number of hydrogen-bond acceptors (Lipinski definition) is 6. The van der Waals surface area contributed by atoms with Crippen molar-refractivity contribution in [2.45, 2.75) is 50.8 Å². The predicted octanol–water partition coefficient (Wildman–Crippen LogP) is 5.61. The summed E-state index contributed by atoms with van der Waals surface area (Å²) in [5, 5.41) is 9.00. The highest BCUT2D eigenvalue weighted by molar-refractivity contribution is 7.10. The van der Waals surface area contributed by atoms with E-state index in [4.69, 9.17) is 9.47 Å². The van der Waals surface area contributed by atoms with Gasteiger partial charge in [0.25, 0.3) is 0 Å². The van der Waals surface area contributed by atoms with E-state index in [1.54, 1.807) is 29.8 Å². The summed E-state index contributed by atoms with van der Waals surface area (Å²) in [5.74, 6) is 1.70. The highest BCUT2D eigenvalue weighted by atomic mass is 32.1. The molecule has 0 radical (unpaired) electrons. The maximum absolute atomic E-state index is 6.38. The third kappa shape index (κ3) is 4.74. The molecule has 1 aromatic carbocycles. The molecule has 6 heteroatoms. The summed E-state index contributed by atoms with van der Waals surface area (Å²) in [6.45, 7) is 0.717. The topological polar surface area (TPSA) is 43.4 Å². The molecular formula is C22H26N2O2S2. The number of nitrogens with zero attached hydrogens (tertiary/aromatic N) is 1. The highest BCUT2D eigenvalue weighted by Crippen LogP contribution is 2.35. The second-order valence-corrected chi connectivity index (χ2v) is 9.02. The molecule has 2 heterocycles. The standard InChI is InChI=1S/C22H26N2O2S2/c1-25-20-10-4-6-16(21(20)26-17-7-2-3-8-17)15-24-19(22-23-11-13-28-22)14-18-9-5-12-27-18/h4-6,9-13,17,19,24H,2-3,7-8,14-15H2,1H3. The number of aromatic nitrogens is 1. The van der Waals surface area contributed by atoms with Gasteiger partial charge < -0.3 is 14.8 Å². The minimum atomic E-state index is 0.184. The van der Waals surface area contributed by atoms with Crippen molar-refractivity contribution >= 4 is 22.7 Å². The van der Waals surface area contributed by atoms with Gasteiger partial charge in [0, 0.05) is 35.0 Å². The molecule has 4 rings (SSSR count). The van der Waals surface area contributed by atoms with E-state index in [9.17, 15) is 0 Å². The van der Waals surface area contributed by atoms with Gasteiger partial charge in [0.2, 0.25) is 0 Å². The van der Waals surface area contributed by atoms with Gasteiger partial charge in [-0.2, -0.15) is 0 Å². The number of rotatable bonds is 9. The van der Waals surface area contributed by atoms with E-state index in [2.05, 4.69) is 33.9 Å². The summed E-state index contributed by atoms with van der Waals surface area (Å²) in [5.41, 5.74) is 1.14. The van der Waals surface area contributed by atoms with Crippen LogP contribution in [0.4, 0.5) is 0 Å². The van der Waals surface area contributed by atoms with E-state index in [1.807, 2.05) is 23.7 Å². The Morgan fingerprint density at radius 2 is 2.04 bits per heavy atom. The van der Waals surface area contributed by atoms with Crippen molar-refractivity contribution in [3.63, 3.8) is 0 Å². The van der Waals surface area contributed by atoms with Crippen LogP contribution in [-0.4, -0.2) is 18.2 Å². The lowest BCUT2D eigenvalue weighted by atomic mass is 10.1. The minimum Gasteiger partial charge on any atom is -0.493 e. The largest absolute Gasteiger partial charge is 0.493 e. The molecule has 0 saturated heterocycles. The first-order valence-corrected chi connectivity index (χ1v) is 11.6. The molecule has 0 spiro atoms. The monoisotopic (exact) mass is 414 g/mol. The molecule has 1 saturated carbocycles. The normalized spacial score (nSPS) is 15.6. The molecule has 0 amide bonds. The van der Waals surface area contributed by atoms with Gasteiger partial charge in [-0.25, -0.2) is 4.98 Å². The van der Waals surface area contributed by atoms with Gasteiger partial charge in [-0.15, -0.1) is 22.7 Å². The van der Waals surface area contributed by atoms with Crippen LogP contribution in [0.15, 0.2) is 47.3 Å². The van der Waals surface area contributed by atoms with Crippen LogP contribution in [0.2, 0.25) is 0 Å². The van der Waals surface area contributed by atoms with Crippen LogP contribution in [0.1, 0.15) is 47.2 Å². The molecule has 0 aliphatic heterocycles. The Labute approximate surface area is 174 Å². The van der Waals surface area contributed by atoms with E-state index in [-0.39, 0.29) is 6.04 Å². The van der Waals surface area contributed by atoms with Gasteiger partial charge in [0.1, 0.15) is 5.01 Å². The van der Waals surface area contributed by atoms with E-state index < -0.39 is 0 Å². The molecule has 1 unspecified atom stereocenters. The van der Waals surface area contributed by atoms with Crippen molar-refractivity contribution in [2.75, 3.05) is 7.11 Å². The first-order valence-electron chi connectivity index (χ1n) is 9.81. The zero-order valence-electron chi connectivity index (χ0n) is 16.1. The van der Waals surface area contributed by atoms with Crippen molar-refractivity contribution in [2.24, 2.45) is 0 Å². The molecule has 1 fully saturated rings. The van der Waals surface area contributed by atoms with Crippen molar-refractivity contribution in [3.8, 4) is 11.5 Å². The van der Waals surface area contributed by atoms with Crippen molar-refractivity contribution < 1.29 is 9.47 Å². The number of thiophene rings is 1. The van der Waals surface area contributed by atoms with Crippen LogP contribution in [0, 0.1) is 0 Å². The van der Waals surface area contributed by atoms with Crippen LogP contribution in [-0.2, 0) is 13.0 Å². The zero-order chi connectivity index (χ0) is 19.2. The Kier molecular flexibility index (Phi) is 6.62. The number of benzene rings is 1. The van der Waals surface area contributed by atoms with Gasteiger partial charge >= 0.3 is 0 Å². The Bertz CT molecular complexity index is 844. The van der Waals surface area contributed by atoms with Gasteiger partial charge in [-0.05, 0) is 43.2 Å². The van der Waals surface area contributed by atoms with Crippen LogP contribution in [0.25, 0.3) is 0 Å². The number of methoxy groups -OCH3 is 1. The first kappa shape index (κ1) is 19.4. The van der Waals surface area contributed by atoms with Crippen molar-refractivity contribution in [1.82, 2.24) is 10.3 Å². The fraction of sp³-hybridized carbons (Fsp3) is 0.409. The zero-order valence-corrected chi connectivity index (χ0v) is 17.7. The number of ether oxygens (including phenoxy) is 2. The summed E-state index contributed by atoms with van der Waals surface area (Å²) >= 11 is 3.49. The van der Waals surface area contributed by atoms with Gasteiger partial charge in [-0.1, -0.05) is 18.2 Å². The molecule has 0 bridgehead atoms. The first-order chi connectivity index (χ1) is 13.8. The van der Waals surface area contributed by atoms with E-state index in [0.29, 0.717) is 6.10 Å². The van der Waals surface area contributed by atoms with Crippen LogP contribution < -0.4 is 14.8 Å². The average molecular weight is 415 g/mol. The predicted molar refractivity (Wildman–Crippen MR) is 116 cm³/mol. The molecule has 1 aliphatic carbocycles. The van der Waals surface area contributed by atoms with Crippen LogP contribution in [0.3, 0.4) is 0 Å². The Morgan fingerprint density at radius 1 is 1.14 bits per heavy atom. The fourth-order valence-corrected chi connectivity index (χ4v) is 5.15. The van der Waals surface area contributed by atoms with Crippen molar-refractivity contribution in [1.29, 1.82) is 0 Å². The third-order valence-corrected chi connectivity index (χ3v) is 6.93. The summed E-state index contributed by atoms with van der Waals surface area (Å²) in [6.07, 6.45) is 7.88. The summed E-state index contributed by atoms with van der Waals surface area (Å²) < 4.78 is 12.0. The van der Waals surface area contributed by atoms with Crippen LogP contribution in [0.5, 0.6) is 11.5 Å². The number of nitrogens with one attached hydrogen (secondary N) is 1. The molecule has 148 valence electrons. The number of thiazole rings is 1. The third-order valence-electron chi connectivity index (χ3n) is 5.14. The fourth-order valence-electron chi connectivity index (χ4n) is 3.68. The van der Waals surface area contributed by atoms with Gasteiger partial charge in [-0.3, -0.25) is 0 Å². The van der Waals surface area contributed by atoms with E-state index >= 15 is 0 Å². The SMILES string of the molecule is COc1cccc(CNC(Cc2cccs2)c2nccs2)c1OC1CCCC1. The van der Waals surface area contributed by atoms with E-state index in [0.717, 1.165) is 47.9 Å². The lowest BCUT2D eigenvalue weighted by Gasteiger charge is -2.21. The average Bonchev–Trinajstić information content (AvgIpc) is 3.49. The Balaban J connectivity index is 1.51. The number of hydrogen-bond donors (Lipinski definition) is 1. The lowest BCUT2D eigenvalue weighted by Crippen LogP contribution is -2.23. The number of para-hydroxylation sites is 1. The quantitative estimate of drug-likeness (QED) is 0.494. The molecule has 1 aliphatic rings. The van der Waals surface area contributed by atoms with Crippen LogP contribution >= 0.6 is 22.7 Å². The lowest BCUT2D eigenvalue weighted by molar-refractivity contribution is 0.198. The molecule has 3 aromatic rings. The minimum absolute atomic E-state index is 0.184. The van der Waals surface area contributed by atoms with E-state index in [1.165, 1.54) is 17.7 Å². The Hall–Kier alpha value is -1.89. The summed E-state index contributed by atoms with van der Waals surface area (Å²) in [4.78, 5) is 5.92. The molecular weight excluding hydrogens is 388 g/mol. The molecule has 1 N–H and O–H groups in total. The highest BCUT2D eigenvalue weighted by Gasteiger charge is 2.22. The second-order valence-electron chi connectivity index (χ2n) is 7.06. The molecule has 1 atom stereocenters. The summed E-state index contributed by atoms with van der Waals surface area (Å²) in [7, 11) is 1.71.